The number of nitrogens with one attached hydrogen (secondary N) is 1. The zero-order valence-corrected chi connectivity index (χ0v) is 14.2. The summed E-state index contributed by atoms with van der Waals surface area (Å²) in [5.41, 5.74) is 2.49. The first-order chi connectivity index (χ1) is 12.5. The molecule has 9 heteroatoms. The van der Waals surface area contributed by atoms with E-state index in [1.807, 2.05) is 25.1 Å². The summed E-state index contributed by atoms with van der Waals surface area (Å²) in [6.45, 7) is 2.67. The lowest BCUT2D eigenvalue weighted by Crippen LogP contribution is -2.19. The minimum atomic E-state index is -0.955. The number of nitrogens with zero attached hydrogens (tertiary/aromatic N) is 5. The van der Waals surface area contributed by atoms with Gasteiger partial charge in [-0.3, -0.25) is 19.6 Å². The minimum Gasteiger partial charge on any atom is -0.481 e. The molecule has 0 saturated heterocycles. The highest BCUT2D eigenvalue weighted by molar-refractivity contribution is 6.01. The molecule has 0 radical (unpaired) electrons. The highest BCUT2D eigenvalue weighted by Crippen LogP contribution is 2.08. The highest BCUT2D eigenvalue weighted by atomic mass is 16.4. The van der Waals surface area contributed by atoms with Crippen LogP contribution in [0.2, 0.25) is 0 Å². The number of carbonyl (C=O) groups excluding carboxylic acids is 1. The average Bonchev–Trinajstić information content (AvgIpc) is 3.22. The molecule has 0 aliphatic heterocycles. The van der Waals surface area contributed by atoms with Crippen LogP contribution in [0.5, 0.6) is 0 Å². The zero-order chi connectivity index (χ0) is 18.5. The highest BCUT2D eigenvalue weighted by Gasteiger charge is 2.15. The molecule has 0 spiro atoms. The van der Waals surface area contributed by atoms with Crippen LogP contribution in [-0.4, -0.2) is 41.5 Å². The second kappa shape index (κ2) is 7.60. The van der Waals surface area contributed by atoms with E-state index in [0.717, 1.165) is 11.1 Å². The normalized spacial score (nSPS) is 10.7. The van der Waals surface area contributed by atoms with E-state index in [1.54, 1.807) is 11.0 Å². The number of anilines is 1. The van der Waals surface area contributed by atoms with Gasteiger partial charge in [0.25, 0.3) is 5.91 Å². The van der Waals surface area contributed by atoms with Gasteiger partial charge in [-0.1, -0.05) is 29.8 Å². The number of carboxylic acid groups (broad SMARTS) is 1. The number of hydrogen-bond donors (Lipinski definition) is 2. The van der Waals surface area contributed by atoms with Gasteiger partial charge in [-0.05, 0) is 18.6 Å². The Morgan fingerprint density at radius 2 is 2.12 bits per heavy atom. The van der Waals surface area contributed by atoms with Gasteiger partial charge in [0.1, 0.15) is 12.0 Å². The van der Waals surface area contributed by atoms with Gasteiger partial charge in [0.15, 0.2) is 0 Å². The fraction of sp³-hybridized carbons (Fsp3) is 0.235. The molecule has 0 fully saturated rings. The summed E-state index contributed by atoms with van der Waals surface area (Å²) in [7, 11) is 0. The first-order valence-corrected chi connectivity index (χ1v) is 8.01. The van der Waals surface area contributed by atoms with Crippen molar-refractivity contribution in [3.05, 3.63) is 59.7 Å². The third kappa shape index (κ3) is 4.32. The summed E-state index contributed by atoms with van der Waals surface area (Å²) in [5.74, 6) is -1.22. The van der Waals surface area contributed by atoms with Gasteiger partial charge < -0.3 is 5.11 Å². The van der Waals surface area contributed by atoms with Crippen molar-refractivity contribution >= 4 is 17.8 Å². The van der Waals surface area contributed by atoms with Crippen LogP contribution in [0.4, 0.5) is 5.95 Å². The molecule has 0 aliphatic rings. The molecule has 26 heavy (non-hydrogen) atoms. The first kappa shape index (κ1) is 17.3. The van der Waals surface area contributed by atoms with Crippen molar-refractivity contribution in [1.29, 1.82) is 0 Å². The van der Waals surface area contributed by atoms with Gasteiger partial charge in [-0.15, -0.1) is 5.10 Å². The number of aliphatic carboxylic acids is 1. The fourth-order valence-corrected chi connectivity index (χ4v) is 2.50. The number of aromatic nitrogens is 5. The third-order valence-corrected chi connectivity index (χ3v) is 3.68. The maximum absolute atomic E-state index is 12.3. The van der Waals surface area contributed by atoms with Gasteiger partial charge in [-0.25, -0.2) is 9.67 Å². The fourth-order valence-electron chi connectivity index (χ4n) is 2.50. The molecular weight excluding hydrogens is 336 g/mol. The number of hydrogen-bond acceptors (Lipinski definition) is 5. The molecule has 1 aromatic carbocycles. The van der Waals surface area contributed by atoms with Crippen LogP contribution in [0.25, 0.3) is 0 Å². The van der Waals surface area contributed by atoms with Crippen LogP contribution in [0.3, 0.4) is 0 Å². The van der Waals surface area contributed by atoms with E-state index in [1.165, 1.54) is 16.9 Å². The Balaban J connectivity index is 1.65. The molecule has 2 heterocycles. The summed E-state index contributed by atoms with van der Waals surface area (Å²) in [6, 6.07) is 9.56. The smallest absolute Gasteiger partial charge is 0.305 e. The van der Waals surface area contributed by atoms with Crippen LogP contribution in [0.15, 0.2) is 42.9 Å². The lowest BCUT2D eigenvalue weighted by Gasteiger charge is -2.05. The van der Waals surface area contributed by atoms with Crippen molar-refractivity contribution in [1.82, 2.24) is 24.5 Å². The minimum absolute atomic E-state index is 0.111. The van der Waals surface area contributed by atoms with Crippen LogP contribution >= 0.6 is 0 Å². The maximum Gasteiger partial charge on any atom is 0.305 e. The zero-order valence-electron chi connectivity index (χ0n) is 14.2. The average molecular weight is 354 g/mol. The SMILES string of the molecule is Cc1cccc(Cn2cnc(NC(=O)c3ccnn3CCC(=O)O)n2)c1. The monoisotopic (exact) mass is 354 g/mol. The largest absolute Gasteiger partial charge is 0.481 e. The predicted molar refractivity (Wildman–Crippen MR) is 92.7 cm³/mol. The third-order valence-electron chi connectivity index (χ3n) is 3.68. The Labute approximate surface area is 149 Å². The maximum atomic E-state index is 12.3. The molecule has 0 atom stereocenters. The molecular formula is C17H18N6O3. The summed E-state index contributed by atoms with van der Waals surface area (Å²) < 4.78 is 2.97. The second-order valence-corrected chi connectivity index (χ2v) is 5.79. The van der Waals surface area contributed by atoms with Crippen molar-refractivity contribution in [2.45, 2.75) is 26.4 Å². The molecule has 3 rings (SSSR count). The number of rotatable bonds is 7. The summed E-state index contributed by atoms with van der Waals surface area (Å²) >= 11 is 0. The van der Waals surface area contributed by atoms with Crippen molar-refractivity contribution in [3.63, 3.8) is 0 Å². The van der Waals surface area contributed by atoms with E-state index in [0.29, 0.717) is 6.54 Å². The summed E-state index contributed by atoms with van der Waals surface area (Å²) in [4.78, 5) is 27.1. The Kier molecular flexibility index (Phi) is 5.07. The van der Waals surface area contributed by atoms with Crippen LogP contribution in [-0.2, 0) is 17.9 Å². The molecule has 2 N–H and O–H groups in total. The van der Waals surface area contributed by atoms with Crippen molar-refractivity contribution in [2.75, 3.05) is 5.32 Å². The Morgan fingerprint density at radius 1 is 1.27 bits per heavy atom. The molecule has 0 aliphatic carbocycles. The molecule has 0 saturated carbocycles. The number of amides is 1. The molecule has 9 nitrogen and oxygen atoms in total. The molecule has 0 unspecified atom stereocenters. The molecule has 1 amide bonds. The van der Waals surface area contributed by atoms with Crippen molar-refractivity contribution in [2.24, 2.45) is 0 Å². The molecule has 3 aromatic rings. The number of carbonyl (C=O) groups is 2. The quantitative estimate of drug-likeness (QED) is 0.665. The van der Waals surface area contributed by atoms with Crippen LogP contribution in [0.1, 0.15) is 28.0 Å². The standard InChI is InChI=1S/C17H18N6O3/c1-12-3-2-4-13(9-12)10-22-11-18-17(21-22)20-16(26)14-5-7-19-23(14)8-6-15(24)25/h2-5,7,9,11H,6,8,10H2,1H3,(H,24,25)(H,20,21,26). The van der Waals surface area contributed by atoms with Gasteiger partial charge in [0.2, 0.25) is 5.95 Å². The van der Waals surface area contributed by atoms with E-state index in [-0.39, 0.29) is 24.6 Å². The Hall–Kier alpha value is -3.49. The van der Waals surface area contributed by atoms with Crippen molar-refractivity contribution in [3.8, 4) is 0 Å². The summed E-state index contributed by atoms with van der Waals surface area (Å²) in [5, 5.41) is 19.6. The number of carboxylic acids is 1. The second-order valence-electron chi connectivity index (χ2n) is 5.79. The van der Waals surface area contributed by atoms with Gasteiger partial charge in [-0.2, -0.15) is 5.10 Å². The molecule has 2 aromatic heterocycles. The molecule has 134 valence electrons. The lowest BCUT2D eigenvalue weighted by atomic mass is 10.1. The molecule has 0 bridgehead atoms. The first-order valence-electron chi connectivity index (χ1n) is 8.01. The summed E-state index contributed by atoms with van der Waals surface area (Å²) in [6.07, 6.45) is 2.87. The van der Waals surface area contributed by atoms with E-state index in [9.17, 15) is 9.59 Å². The van der Waals surface area contributed by atoms with Gasteiger partial charge >= 0.3 is 5.97 Å². The number of aryl methyl sites for hydroxylation is 2. The van der Waals surface area contributed by atoms with Crippen LogP contribution < -0.4 is 5.32 Å². The van der Waals surface area contributed by atoms with E-state index in [2.05, 4.69) is 26.6 Å². The lowest BCUT2D eigenvalue weighted by molar-refractivity contribution is -0.137. The van der Waals surface area contributed by atoms with Gasteiger partial charge in [0, 0.05) is 6.20 Å². The topological polar surface area (TPSA) is 115 Å². The number of benzene rings is 1. The van der Waals surface area contributed by atoms with E-state index in [4.69, 9.17) is 5.11 Å². The van der Waals surface area contributed by atoms with Gasteiger partial charge in [0.05, 0.1) is 19.5 Å². The predicted octanol–water partition coefficient (Wildman–Crippen LogP) is 1.56. The van der Waals surface area contributed by atoms with E-state index >= 15 is 0 Å². The van der Waals surface area contributed by atoms with Crippen LogP contribution in [0, 0.1) is 6.92 Å². The Bertz CT molecular complexity index is 930. The van der Waals surface area contributed by atoms with E-state index < -0.39 is 11.9 Å². The van der Waals surface area contributed by atoms with Crippen molar-refractivity contribution < 1.29 is 14.7 Å². The Morgan fingerprint density at radius 3 is 2.88 bits per heavy atom.